The van der Waals surface area contributed by atoms with Crippen LogP contribution in [0.1, 0.15) is 9.88 Å². The maximum Gasteiger partial charge on any atom is 0.310 e. The van der Waals surface area contributed by atoms with Crippen LogP contribution in [0.5, 0.6) is 0 Å². The zero-order valence-electron chi connectivity index (χ0n) is 9.11. The van der Waals surface area contributed by atoms with E-state index in [2.05, 4.69) is 4.98 Å². The lowest BCUT2D eigenvalue weighted by molar-refractivity contribution is -0.136. The van der Waals surface area contributed by atoms with Crippen molar-refractivity contribution in [2.75, 3.05) is 0 Å². The summed E-state index contributed by atoms with van der Waals surface area (Å²) in [6.45, 7) is 1.94. The topological polar surface area (TPSA) is 50.2 Å². The smallest absolute Gasteiger partial charge is 0.310 e. The molecule has 0 unspecified atom stereocenters. The van der Waals surface area contributed by atoms with Crippen LogP contribution in [0.15, 0.2) is 24.3 Å². The van der Waals surface area contributed by atoms with E-state index in [1.807, 2.05) is 19.1 Å². The Morgan fingerprint density at radius 3 is 2.65 bits per heavy atom. The second-order valence-electron chi connectivity index (χ2n) is 3.59. The summed E-state index contributed by atoms with van der Waals surface area (Å²) in [5, 5.41) is 10.0. The molecule has 0 amide bonds. The first-order valence-corrected chi connectivity index (χ1v) is 6.20. The van der Waals surface area contributed by atoms with Crippen molar-refractivity contribution < 1.29 is 9.90 Å². The highest BCUT2D eigenvalue weighted by molar-refractivity contribution is 7.12. The summed E-state index contributed by atoms with van der Waals surface area (Å²) in [5.74, 6) is -0.860. The van der Waals surface area contributed by atoms with Gasteiger partial charge in [0.25, 0.3) is 0 Å². The van der Waals surface area contributed by atoms with Crippen molar-refractivity contribution in [2.24, 2.45) is 0 Å². The van der Waals surface area contributed by atoms with E-state index in [4.69, 9.17) is 16.7 Å². The molecule has 0 bridgehead atoms. The number of aliphatic carboxylic acids is 1. The van der Waals surface area contributed by atoms with E-state index in [0.29, 0.717) is 10.0 Å². The fourth-order valence-corrected chi connectivity index (χ4v) is 2.60. The van der Waals surface area contributed by atoms with Gasteiger partial charge in [-0.1, -0.05) is 23.7 Å². The number of hydrogen-bond acceptors (Lipinski definition) is 3. The Bertz CT molecular complexity index is 548. The van der Waals surface area contributed by atoms with E-state index in [1.165, 1.54) is 11.3 Å². The van der Waals surface area contributed by atoms with E-state index in [0.717, 1.165) is 16.1 Å². The third-order valence-electron chi connectivity index (χ3n) is 2.26. The predicted molar refractivity (Wildman–Crippen MR) is 68.6 cm³/mol. The summed E-state index contributed by atoms with van der Waals surface area (Å²) in [4.78, 5) is 16.0. The Hall–Kier alpha value is -1.39. The highest BCUT2D eigenvalue weighted by Gasteiger charge is 2.11. The van der Waals surface area contributed by atoms with Crippen molar-refractivity contribution in [3.05, 3.63) is 39.2 Å². The van der Waals surface area contributed by atoms with Crippen LogP contribution in [0.3, 0.4) is 0 Å². The van der Waals surface area contributed by atoms with Crippen LogP contribution in [-0.4, -0.2) is 16.1 Å². The van der Waals surface area contributed by atoms with Crippen molar-refractivity contribution >= 4 is 28.9 Å². The van der Waals surface area contributed by atoms with Crippen LogP contribution in [0.25, 0.3) is 11.3 Å². The second-order valence-corrected chi connectivity index (χ2v) is 5.31. The average Bonchev–Trinajstić information content (AvgIpc) is 2.59. The molecule has 2 aromatic rings. The molecule has 0 aliphatic carbocycles. The number of halogens is 1. The molecule has 1 aromatic carbocycles. The number of nitrogens with zero attached hydrogens (tertiary/aromatic N) is 1. The molecule has 1 aromatic heterocycles. The van der Waals surface area contributed by atoms with Crippen LogP contribution in [0, 0.1) is 6.92 Å². The van der Waals surface area contributed by atoms with Crippen molar-refractivity contribution in [2.45, 2.75) is 13.3 Å². The van der Waals surface area contributed by atoms with Crippen LogP contribution in [0.2, 0.25) is 5.02 Å². The van der Waals surface area contributed by atoms with E-state index in [-0.39, 0.29) is 6.42 Å². The molecule has 88 valence electrons. The largest absolute Gasteiger partial charge is 0.481 e. The average molecular weight is 268 g/mol. The molecular weight excluding hydrogens is 258 g/mol. The predicted octanol–water partition coefficient (Wildman–Crippen LogP) is 3.40. The van der Waals surface area contributed by atoms with Crippen molar-refractivity contribution in [3.63, 3.8) is 0 Å². The van der Waals surface area contributed by atoms with Crippen LogP contribution >= 0.6 is 22.9 Å². The minimum absolute atomic E-state index is 0.0287. The normalized spacial score (nSPS) is 10.5. The van der Waals surface area contributed by atoms with Gasteiger partial charge in [0.05, 0.1) is 12.1 Å². The molecule has 5 heteroatoms. The van der Waals surface area contributed by atoms with E-state index in [1.54, 1.807) is 12.1 Å². The Morgan fingerprint density at radius 1 is 1.41 bits per heavy atom. The molecular formula is C12H10ClNO2S. The van der Waals surface area contributed by atoms with Crippen LogP contribution in [0.4, 0.5) is 0 Å². The number of aromatic nitrogens is 1. The number of carbonyl (C=O) groups is 1. The monoisotopic (exact) mass is 267 g/mol. The number of thiazole rings is 1. The molecule has 0 aliphatic rings. The van der Waals surface area contributed by atoms with Gasteiger partial charge in [0, 0.05) is 15.5 Å². The quantitative estimate of drug-likeness (QED) is 0.927. The zero-order chi connectivity index (χ0) is 12.4. The molecule has 0 saturated carbocycles. The number of aryl methyl sites for hydroxylation is 1. The molecule has 2 rings (SSSR count). The first kappa shape index (κ1) is 12.1. The molecule has 0 saturated heterocycles. The molecule has 1 heterocycles. The van der Waals surface area contributed by atoms with E-state index < -0.39 is 5.97 Å². The maximum absolute atomic E-state index is 10.6. The first-order chi connectivity index (χ1) is 8.06. The van der Waals surface area contributed by atoms with Gasteiger partial charge in [-0.05, 0) is 19.1 Å². The van der Waals surface area contributed by atoms with Crippen LogP contribution in [-0.2, 0) is 11.2 Å². The van der Waals surface area contributed by atoms with Gasteiger partial charge in [-0.25, -0.2) is 4.98 Å². The number of carboxylic acid groups (broad SMARTS) is 1. The minimum atomic E-state index is -0.860. The minimum Gasteiger partial charge on any atom is -0.481 e. The summed E-state index contributed by atoms with van der Waals surface area (Å²) in [6.07, 6.45) is -0.0287. The van der Waals surface area contributed by atoms with Crippen molar-refractivity contribution in [1.82, 2.24) is 4.98 Å². The van der Waals surface area contributed by atoms with Gasteiger partial charge in [0.2, 0.25) is 0 Å². The van der Waals surface area contributed by atoms with Gasteiger partial charge in [0.15, 0.2) is 0 Å². The third kappa shape index (κ3) is 2.84. The summed E-state index contributed by atoms with van der Waals surface area (Å²) in [7, 11) is 0. The highest BCUT2D eigenvalue weighted by atomic mass is 35.5. The highest BCUT2D eigenvalue weighted by Crippen LogP contribution is 2.28. The lowest BCUT2D eigenvalue weighted by atomic mass is 10.1. The lowest BCUT2D eigenvalue weighted by Gasteiger charge is -1.98. The molecule has 17 heavy (non-hydrogen) atoms. The Kier molecular flexibility index (Phi) is 3.45. The molecule has 3 nitrogen and oxygen atoms in total. The van der Waals surface area contributed by atoms with Crippen molar-refractivity contribution in [1.29, 1.82) is 0 Å². The van der Waals surface area contributed by atoms with Crippen LogP contribution < -0.4 is 0 Å². The molecule has 0 spiro atoms. The van der Waals surface area contributed by atoms with Gasteiger partial charge in [0.1, 0.15) is 5.01 Å². The Labute approximate surface area is 108 Å². The molecule has 1 N–H and O–H groups in total. The number of benzene rings is 1. The summed E-state index contributed by atoms with van der Waals surface area (Å²) in [6, 6.07) is 7.36. The third-order valence-corrected chi connectivity index (χ3v) is 3.48. The van der Waals surface area contributed by atoms with E-state index in [9.17, 15) is 4.79 Å². The first-order valence-electron chi connectivity index (χ1n) is 5.00. The van der Waals surface area contributed by atoms with Gasteiger partial charge in [-0.2, -0.15) is 0 Å². The summed E-state index contributed by atoms with van der Waals surface area (Å²) >= 11 is 7.23. The Balaban J connectivity index is 2.35. The Morgan fingerprint density at radius 2 is 2.06 bits per heavy atom. The lowest BCUT2D eigenvalue weighted by Crippen LogP contribution is -1.99. The zero-order valence-corrected chi connectivity index (χ0v) is 10.7. The van der Waals surface area contributed by atoms with Gasteiger partial charge in [-0.15, -0.1) is 11.3 Å². The van der Waals surface area contributed by atoms with Crippen molar-refractivity contribution in [3.8, 4) is 11.3 Å². The van der Waals surface area contributed by atoms with E-state index >= 15 is 0 Å². The molecule has 0 fully saturated rings. The number of rotatable bonds is 3. The van der Waals surface area contributed by atoms with Gasteiger partial charge >= 0.3 is 5.97 Å². The SMILES string of the molecule is Cc1sc(CC(=O)O)nc1-c1ccc(Cl)cc1. The van der Waals surface area contributed by atoms with Gasteiger partial charge in [-0.3, -0.25) is 4.79 Å². The molecule has 0 atom stereocenters. The summed E-state index contributed by atoms with van der Waals surface area (Å²) < 4.78 is 0. The standard InChI is InChI=1S/C12H10ClNO2S/c1-7-12(8-2-4-9(13)5-3-8)14-10(17-7)6-11(15)16/h2-5H,6H2,1H3,(H,15,16). The fourth-order valence-electron chi connectivity index (χ4n) is 1.53. The van der Waals surface area contributed by atoms with Gasteiger partial charge < -0.3 is 5.11 Å². The second kappa shape index (κ2) is 4.85. The number of carboxylic acids is 1. The molecule has 0 radical (unpaired) electrons. The number of hydrogen-bond donors (Lipinski definition) is 1. The maximum atomic E-state index is 10.6. The fraction of sp³-hybridized carbons (Fsp3) is 0.167. The molecule has 0 aliphatic heterocycles. The summed E-state index contributed by atoms with van der Waals surface area (Å²) in [5.41, 5.74) is 1.79.